The number of methoxy groups -OCH3 is 1. The summed E-state index contributed by atoms with van der Waals surface area (Å²) >= 11 is 0. The second-order valence-corrected chi connectivity index (χ2v) is 8.51. The van der Waals surface area contributed by atoms with Crippen molar-refractivity contribution in [3.63, 3.8) is 0 Å². The monoisotopic (exact) mass is 512 g/mol. The number of nitrogens with one attached hydrogen (secondary N) is 2. The lowest BCUT2D eigenvalue weighted by atomic mass is 10.1. The van der Waals surface area contributed by atoms with E-state index in [0.717, 1.165) is 17.0 Å². The molecule has 0 unspecified atom stereocenters. The lowest BCUT2D eigenvalue weighted by Crippen LogP contribution is -2.31. The topological polar surface area (TPSA) is 137 Å². The summed E-state index contributed by atoms with van der Waals surface area (Å²) in [6.07, 6.45) is 0. The highest BCUT2D eigenvalue weighted by Crippen LogP contribution is 2.28. The van der Waals surface area contributed by atoms with Gasteiger partial charge >= 0.3 is 5.97 Å². The Morgan fingerprint density at radius 3 is 2.18 bits per heavy atom. The number of aryl methyl sites for hydroxylation is 3. The van der Waals surface area contributed by atoms with Crippen molar-refractivity contribution in [2.45, 2.75) is 20.8 Å². The first-order valence-corrected chi connectivity index (χ1v) is 11.7. The SMILES string of the molecule is COC(=O)c1nc(-c2ccc(C)cc2)oc1NNC(=O)c1nc(-c2ccccc2)oc1-n1nc(C)cc1C. The predicted molar refractivity (Wildman–Crippen MR) is 138 cm³/mol. The van der Waals surface area contributed by atoms with Crippen LogP contribution in [0.2, 0.25) is 0 Å². The second-order valence-electron chi connectivity index (χ2n) is 8.51. The molecular weight excluding hydrogens is 488 g/mol. The number of hydrogen-bond acceptors (Lipinski definition) is 9. The van der Waals surface area contributed by atoms with Crippen molar-refractivity contribution in [2.75, 3.05) is 12.5 Å². The molecule has 3 heterocycles. The van der Waals surface area contributed by atoms with Crippen LogP contribution in [0.4, 0.5) is 5.88 Å². The van der Waals surface area contributed by atoms with Gasteiger partial charge in [0.2, 0.25) is 23.4 Å². The fourth-order valence-corrected chi connectivity index (χ4v) is 3.77. The van der Waals surface area contributed by atoms with Crippen molar-refractivity contribution in [3.05, 3.63) is 89.0 Å². The highest BCUT2D eigenvalue weighted by Gasteiger charge is 2.26. The van der Waals surface area contributed by atoms with Crippen LogP contribution in [0.25, 0.3) is 28.8 Å². The zero-order chi connectivity index (χ0) is 26.8. The Labute approximate surface area is 217 Å². The first-order chi connectivity index (χ1) is 18.3. The van der Waals surface area contributed by atoms with Crippen molar-refractivity contribution >= 4 is 17.8 Å². The molecule has 38 heavy (non-hydrogen) atoms. The van der Waals surface area contributed by atoms with Crippen LogP contribution >= 0.6 is 0 Å². The van der Waals surface area contributed by atoms with Gasteiger partial charge in [-0.05, 0) is 51.1 Å². The van der Waals surface area contributed by atoms with Gasteiger partial charge in [0.1, 0.15) is 0 Å². The van der Waals surface area contributed by atoms with Crippen LogP contribution in [-0.4, -0.2) is 38.7 Å². The van der Waals surface area contributed by atoms with Crippen molar-refractivity contribution in [2.24, 2.45) is 0 Å². The summed E-state index contributed by atoms with van der Waals surface area (Å²) in [5, 5.41) is 4.43. The molecule has 11 heteroatoms. The molecule has 0 saturated heterocycles. The fourth-order valence-electron chi connectivity index (χ4n) is 3.77. The van der Waals surface area contributed by atoms with Crippen molar-refractivity contribution in [1.82, 2.24) is 25.2 Å². The summed E-state index contributed by atoms with van der Waals surface area (Å²) in [6.45, 7) is 5.63. The molecule has 0 saturated carbocycles. The summed E-state index contributed by atoms with van der Waals surface area (Å²) in [6, 6.07) is 18.4. The Balaban J connectivity index is 1.47. The number of oxazole rings is 2. The Morgan fingerprint density at radius 2 is 1.53 bits per heavy atom. The fraction of sp³-hybridized carbons (Fsp3) is 0.148. The number of carbonyl (C=O) groups excluding carboxylic acids is 2. The predicted octanol–water partition coefficient (Wildman–Crippen LogP) is 4.65. The van der Waals surface area contributed by atoms with Gasteiger partial charge in [-0.2, -0.15) is 10.1 Å². The summed E-state index contributed by atoms with van der Waals surface area (Å²) in [7, 11) is 1.23. The average Bonchev–Trinajstić information content (AvgIpc) is 3.64. The molecule has 0 bridgehead atoms. The van der Waals surface area contributed by atoms with E-state index < -0.39 is 11.9 Å². The molecule has 0 aliphatic heterocycles. The summed E-state index contributed by atoms with van der Waals surface area (Å²) in [5.74, 6) is -0.921. The molecule has 5 rings (SSSR count). The van der Waals surface area contributed by atoms with Crippen LogP contribution in [0.5, 0.6) is 0 Å². The summed E-state index contributed by atoms with van der Waals surface area (Å²) < 4.78 is 18.1. The largest absolute Gasteiger partial charge is 0.464 e. The van der Waals surface area contributed by atoms with Crippen LogP contribution in [0.15, 0.2) is 69.5 Å². The Kier molecular flexibility index (Phi) is 6.48. The smallest absolute Gasteiger partial charge is 0.362 e. The number of hydrazine groups is 1. The zero-order valence-electron chi connectivity index (χ0n) is 21.1. The minimum absolute atomic E-state index is 0.0274. The molecule has 0 aliphatic rings. The maximum Gasteiger partial charge on any atom is 0.362 e. The molecule has 11 nitrogen and oxygen atoms in total. The molecule has 3 aromatic heterocycles. The Hall–Kier alpha value is -5.19. The van der Waals surface area contributed by atoms with E-state index >= 15 is 0 Å². The molecule has 0 spiro atoms. The summed E-state index contributed by atoms with van der Waals surface area (Å²) in [4.78, 5) is 34.4. The number of hydrogen-bond donors (Lipinski definition) is 2. The third kappa shape index (κ3) is 4.76. The maximum atomic E-state index is 13.3. The van der Waals surface area contributed by atoms with Gasteiger partial charge < -0.3 is 13.6 Å². The van der Waals surface area contributed by atoms with E-state index in [1.165, 1.54) is 11.8 Å². The van der Waals surface area contributed by atoms with Gasteiger partial charge in [0.05, 0.1) is 12.8 Å². The number of ether oxygens (including phenoxy) is 1. The number of nitrogens with zero attached hydrogens (tertiary/aromatic N) is 4. The van der Waals surface area contributed by atoms with Gasteiger partial charge in [0.15, 0.2) is 5.69 Å². The standard InChI is InChI=1S/C27H24N6O5/c1-15-10-12-19(13-11-15)23-29-21(27(35)36-4)25(37-23)31-30-22(34)20-26(33-17(3)14-16(2)32-33)38-24(28-20)18-8-6-5-7-9-18/h5-14,31H,1-4H3,(H,30,34). The number of benzene rings is 2. The molecule has 2 N–H and O–H groups in total. The van der Waals surface area contributed by atoms with Gasteiger partial charge in [0.25, 0.3) is 11.8 Å². The molecule has 0 aliphatic carbocycles. The molecule has 1 amide bonds. The number of amides is 1. The van der Waals surface area contributed by atoms with E-state index in [-0.39, 0.29) is 34.9 Å². The van der Waals surface area contributed by atoms with Crippen LogP contribution < -0.4 is 10.9 Å². The van der Waals surface area contributed by atoms with Gasteiger partial charge in [-0.3, -0.25) is 15.6 Å². The lowest BCUT2D eigenvalue weighted by Gasteiger charge is -2.06. The third-order valence-electron chi connectivity index (χ3n) is 5.64. The molecule has 5 aromatic rings. The minimum Gasteiger partial charge on any atom is -0.464 e. The van der Waals surface area contributed by atoms with E-state index in [4.69, 9.17) is 13.6 Å². The van der Waals surface area contributed by atoms with Gasteiger partial charge in [-0.15, -0.1) is 0 Å². The minimum atomic E-state index is -0.736. The summed E-state index contributed by atoms with van der Waals surface area (Å²) in [5.41, 5.74) is 8.89. The van der Waals surface area contributed by atoms with E-state index in [9.17, 15) is 9.59 Å². The van der Waals surface area contributed by atoms with E-state index in [2.05, 4.69) is 25.9 Å². The first kappa shape index (κ1) is 24.5. The van der Waals surface area contributed by atoms with Gasteiger partial charge in [0, 0.05) is 16.8 Å². The van der Waals surface area contributed by atoms with Crippen molar-refractivity contribution < 1.29 is 23.2 Å². The number of carbonyl (C=O) groups is 2. The van der Waals surface area contributed by atoms with E-state index in [1.807, 2.05) is 81.4 Å². The van der Waals surface area contributed by atoms with Gasteiger partial charge in [-0.25, -0.2) is 14.5 Å². The number of esters is 1. The molecule has 2 aromatic carbocycles. The molecule has 0 fully saturated rings. The lowest BCUT2D eigenvalue weighted by molar-refractivity contribution is 0.0594. The number of rotatable bonds is 7. The normalized spacial score (nSPS) is 10.8. The highest BCUT2D eigenvalue weighted by molar-refractivity contribution is 5.97. The van der Waals surface area contributed by atoms with Gasteiger partial charge in [-0.1, -0.05) is 35.9 Å². The van der Waals surface area contributed by atoms with Crippen LogP contribution in [0, 0.1) is 20.8 Å². The van der Waals surface area contributed by atoms with Crippen LogP contribution in [-0.2, 0) is 4.74 Å². The van der Waals surface area contributed by atoms with Crippen LogP contribution in [0.1, 0.15) is 37.9 Å². The molecular formula is C27H24N6O5. The zero-order valence-corrected chi connectivity index (χ0v) is 21.1. The Morgan fingerprint density at radius 1 is 0.868 bits per heavy atom. The van der Waals surface area contributed by atoms with E-state index in [0.29, 0.717) is 11.1 Å². The number of anilines is 1. The van der Waals surface area contributed by atoms with E-state index in [1.54, 1.807) is 0 Å². The Bertz CT molecular complexity index is 1620. The third-order valence-corrected chi connectivity index (χ3v) is 5.64. The highest BCUT2D eigenvalue weighted by atomic mass is 16.5. The molecule has 192 valence electrons. The van der Waals surface area contributed by atoms with Crippen molar-refractivity contribution in [1.29, 1.82) is 0 Å². The van der Waals surface area contributed by atoms with Crippen LogP contribution in [0.3, 0.4) is 0 Å². The average molecular weight is 513 g/mol. The number of aromatic nitrogens is 4. The molecule has 0 radical (unpaired) electrons. The maximum absolute atomic E-state index is 13.3. The second kappa shape index (κ2) is 10.1. The quantitative estimate of drug-likeness (QED) is 0.236. The first-order valence-electron chi connectivity index (χ1n) is 11.7. The van der Waals surface area contributed by atoms with Crippen molar-refractivity contribution in [3.8, 4) is 28.8 Å². The molecule has 0 atom stereocenters.